The summed E-state index contributed by atoms with van der Waals surface area (Å²) in [4.78, 5) is 35.6. The van der Waals surface area contributed by atoms with E-state index in [4.69, 9.17) is 5.26 Å². The molecule has 0 unspecified atom stereocenters. The van der Waals surface area contributed by atoms with Gasteiger partial charge in [-0.2, -0.15) is 5.26 Å². The van der Waals surface area contributed by atoms with Gasteiger partial charge in [-0.1, -0.05) is 29.5 Å². The summed E-state index contributed by atoms with van der Waals surface area (Å²) in [5.74, 6) is -0.311. The Bertz CT molecular complexity index is 1120. The second-order valence-corrected chi connectivity index (χ2v) is 8.37. The Morgan fingerprint density at radius 3 is 2.89 bits per heavy atom. The quantitative estimate of drug-likeness (QED) is 0.716. The van der Waals surface area contributed by atoms with Crippen molar-refractivity contribution >= 4 is 39.2 Å². The maximum absolute atomic E-state index is 12.9. The summed E-state index contributed by atoms with van der Waals surface area (Å²) in [6.07, 6.45) is 1.86. The molecule has 28 heavy (non-hydrogen) atoms. The van der Waals surface area contributed by atoms with Crippen molar-refractivity contribution in [3.8, 4) is 6.07 Å². The standard InChI is InChI=1S/C20H17N5O2S/c21-11-20(6-7-20)18(27)24-19-23-14-5-8-25(10-16(14)28-19)17(26)15-9-12-3-1-2-4-13(12)22-15/h1-4,9,22H,5-8,10H2,(H,23,24,27). The number of para-hydroxylation sites is 1. The highest BCUT2D eigenvalue weighted by Gasteiger charge is 2.51. The fraction of sp³-hybridized carbons (Fsp3) is 0.300. The van der Waals surface area contributed by atoms with E-state index in [9.17, 15) is 9.59 Å². The van der Waals surface area contributed by atoms with E-state index >= 15 is 0 Å². The summed E-state index contributed by atoms with van der Waals surface area (Å²) in [6.45, 7) is 1.06. The maximum Gasteiger partial charge on any atom is 0.270 e. The molecule has 0 spiro atoms. The van der Waals surface area contributed by atoms with E-state index in [-0.39, 0.29) is 11.8 Å². The number of fused-ring (bicyclic) bond motifs is 2. The fourth-order valence-corrected chi connectivity index (χ4v) is 4.53. The molecule has 1 aliphatic carbocycles. The Balaban J connectivity index is 1.32. The highest BCUT2D eigenvalue weighted by molar-refractivity contribution is 7.15. The highest BCUT2D eigenvalue weighted by Crippen LogP contribution is 2.46. The number of amides is 2. The summed E-state index contributed by atoms with van der Waals surface area (Å²) >= 11 is 1.38. The van der Waals surface area contributed by atoms with Gasteiger partial charge in [0.05, 0.1) is 18.3 Å². The first-order valence-corrected chi connectivity index (χ1v) is 9.98. The molecular formula is C20H17N5O2S. The Morgan fingerprint density at radius 2 is 2.14 bits per heavy atom. The van der Waals surface area contributed by atoms with Crippen molar-refractivity contribution < 1.29 is 9.59 Å². The van der Waals surface area contributed by atoms with Gasteiger partial charge < -0.3 is 15.2 Å². The molecule has 1 aromatic carbocycles. The zero-order valence-electron chi connectivity index (χ0n) is 15.0. The molecular weight excluding hydrogens is 374 g/mol. The summed E-state index contributed by atoms with van der Waals surface area (Å²) in [6, 6.07) is 11.8. The summed E-state index contributed by atoms with van der Waals surface area (Å²) in [7, 11) is 0. The highest BCUT2D eigenvalue weighted by atomic mass is 32.1. The van der Waals surface area contributed by atoms with Crippen molar-refractivity contribution in [2.45, 2.75) is 25.8 Å². The smallest absolute Gasteiger partial charge is 0.270 e. The van der Waals surface area contributed by atoms with E-state index in [0.29, 0.717) is 43.2 Å². The molecule has 0 radical (unpaired) electrons. The average molecular weight is 391 g/mol. The molecule has 3 aromatic rings. The summed E-state index contributed by atoms with van der Waals surface area (Å²) < 4.78 is 0. The monoisotopic (exact) mass is 391 g/mol. The van der Waals surface area contributed by atoms with Crippen molar-refractivity contribution in [2.75, 3.05) is 11.9 Å². The molecule has 140 valence electrons. The maximum atomic E-state index is 12.9. The van der Waals surface area contributed by atoms with Gasteiger partial charge in [-0.25, -0.2) is 4.98 Å². The normalized spacial score (nSPS) is 17.0. The molecule has 8 heteroatoms. The van der Waals surface area contributed by atoms with E-state index < -0.39 is 5.41 Å². The Hall–Kier alpha value is -3.18. The predicted molar refractivity (Wildman–Crippen MR) is 105 cm³/mol. The average Bonchev–Trinajstić information content (AvgIpc) is 3.23. The number of benzene rings is 1. The zero-order chi connectivity index (χ0) is 19.3. The van der Waals surface area contributed by atoms with Crippen LogP contribution in [0.4, 0.5) is 5.13 Å². The number of rotatable bonds is 3. The molecule has 0 bridgehead atoms. The summed E-state index contributed by atoms with van der Waals surface area (Å²) in [5.41, 5.74) is 1.57. The number of aromatic nitrogens is 2. The molecule has 7 nitrogen and oxygen atoms in total. The molecule has 3 heterocycles. The van der Waals surface area contributed by atoms with Crippen LogP contribution in [0.25, 0.3) is 10.9 Å². The number of aromatic amines is 1. The topological polar surface area (TPSA) is 102 Å². The van der Waals surface area contributed by atoms with Gasteiger partial charge in [-0.05, 0) is 25.0 Å². The van der Waals surface area contributed by atoms with Gasteiger partial charge in [-0.15, -0.1) is 0 Å². The fourth-order valence-electron chi connectivity index (χ4n) is 3.51. The van der Waals surface area contributed by atoms with Gasteiger partial charge in [0.1, 0.15) is 11.1 Å². The van der Waals surface area contributed by atoms with Crippen molar-refractivity contribution in [3.63, 3.8) is 0 Å². The predicted octanol–water partition coefficient (Wildman–Crippen LogP) is 3.07. The lowest BCUT2D eigenvalue weighted by Crippen LogP contribution is -2.35. The SMILES string of the molecule is N#CC1(C(=O)Nc2nc3c(s2)CN(C(=O)c2cc4ccccc4[nH]2)CC3)CC1. The number of nitriles is 1. The van der Waals surface area contributed by atoms with Crippen LogP contribution in [0.1, 0.15) is 33.9 Å². The van der Waals surface area contributed by atoms with Crippen LogP contribution in [0.2, 0.25) is 0 Å². The molecule has 2 N–H and O–H groups in total. The molecule has 1 fully saturated rings. The largest absolute Gasteiger partial charge is 0.351 e. The van der Waals surface area contributed by atoms with Crippen LogP contribution in [0.15, 0.2) is 30.3 Å². The number of nitrogens with one attached hydrogen (secondary N) is 2. The second-order valence-electron chi connectivity index (χ2n) is 7.28. The lowest BCUT2D eigenvalue weighted by Gasteiger charge is -2.25. The zero-order valence-corrected chi connectivity index (χ0v) is 15.8. The van der Waals surface area contributed by atoms with Gasteiger partial charge in [0.15, 0.2) is 5.13 Å². The van der Waals surface area contributed by atoms with Crippen molar-refractivity contribution in [1.82, 2.24) is 14.9 Å². The number of nitrogens with zero attached hydrogens (tertiary/aromatic N) is 3. The minimum atomic E-state index is -0.871. The number of hydrogen-bond donors (Lipinski definition) is 2. The van der Waals surface area contributed by atoms with Crippen LogP contribution >= 0.6 is 11.3 Å². The molecule has 2 aliphatic rings. The number of anilines is 1. The van der Waals surface area contributed by atoms with Gasteiger partial charge in [0.2, 0.25) is 5.91 Å². The first kappa shape index (κ1) is 17.0. The molecule has 5 rings (SSSR count). The van der Waals surface area contributed by atoms with E-state index in [0.717, 1.165) is 21.5 Å². The van der Waals surface area contributed by atoms with Gasteiger partial charge in [-0.3, -0.25) is 9.59 Å². The molecule has 0 atom stereocenters. The minimum absolute atomic E-state index is 0.0396. The Labute approximate surface area is 165 Å². The number of hydrogen-bond acceptors (Lipinski definition) is 5. The summed E-state index contributed by atoms with van der Waals surface area (Å²) in [5, 5.41) is 13.5. The number of thiazole rings is 1. The van der Waals surface area contributed by atoms with Gasteiger partial charge in [0, 0.05) is 28.7 Å². The van der Waals surface area contributed by atoms with Crippen molar-refractivity contribution in [2.24, 2.45) is 5.41 Å². The molecule has 1 saturated carbocycles. The third-order valence-electron chi connectivity index (χ3n) is 5.40. The van der Waals surface area contributed by atoms with E-state index in [1.54, 1.807) is 4.90 Å². The molecule has 2 aromatic heterocycles. The van der Waals surface area contributed by atoms with Crippen LogP contribution in [0.5, 0.6) is 0 Å². The van der Waals surface area contributed by atoms with E-state index in [2.05, 4.69) is 21.4 Å². The molecule has 0 saturated heterocycles. The Morgan fingerprint density at radius 1 is 1.32 bits per heavy atom. The van der Waals surface area contributed by atoms with Crippen molar-refractivity contribution in [3.05, 3.63) is 46.6 Å². The van der Waals surface area contributed by atoms with Gasteiger partial charge >= 0.3 is 0 Å². The number of carbonyl (C=O) groups is 2. The lowest BCUT2D eigenvalue weighted by molar-refractivity contribution is -0.119. The number of carbonyl (C=O) groups excluding carboxylic acids is 2. The Kier molecular flexibility index (Phi) is 3.74. The van der Waals surface area contributed by atoms with Crippen LogP contribution in [-0.4, -0.2) is 33.2 Å². The third-order valence-corrected chi connectivity index (χ3v) is 6.40. The first-order valence-electron chi connectivity index (χ1n) is 9.16. The third kappa shape index (κ3) is 2.75. The van der Waals surface area contributed by atoms with Gasteiger partial charge in [0.25, 0.3) is 5.91 Å². The number of H-pyrrole nitrogens is 1. The van der Waals surface area contributed by atoms with Crippen LogP contribution in [-0.2, 0) is 17.8 Å². The first-order chi connectivity index (χ1) is 13.6. The molecule has 1 aliphatic heterocycles. The molecule has 2 amide bonds. The second kappa shape index (κ2) is 6.17. The van der Waals surface area contributed by atoms with Crippen molar-refractivity contribution in [1.29, 1.82) is 5.26 Å². The van der Waals surface area contributed by atoms with E-state index in [1.165, 1.54) is 11.3 Å². The lowest BCUT2D eigenvalue weighted by atomic mass is 10.1. The van der Waals surface area contributed by atoms with Crippen LogP contribution in [0, 0.1) is 16.7 Å². The van der Waals surface area contributed by atoms with Crippen LogP contribution < -0.4 is 5.32 Å². The van der Waals surface area contributed by atoms with Crippen LogP contribution in [0.3, 0.4) is 0 Å². The minimum Gasteiger partial charge on any atom is -0.351 e. The van der Waals surface area contributed by atoms with E-state index in [1.807, 2.05) is 30.3 Å².